The van der Waals surface area contributed by atoms with Gasteiger partial charge >= 0.3 is 123 Å². The van der Waals surface area contributed by atoms with Crippen LogP contribution in [0.2, 0.25) is 0 Å². The summed E-state index contributed by atoms with van der Waals surface area (Å²) in [5.74, 6) is 0. The molecule has 1 aromatic carbocycles. The van der Waals surface area contributed by atoms with Gasteiger partial charge in [0, 0.05) is 7.14 Å². The molecule has 10 heteroatoms. The molecule has 16 heavy (non-hydrogen) atoms. The Hall–Kier alpha value is 5.57. The molecule has 4 nitrogen and oxygen atoms in total. The Labute approximate surface area is 211 Å². The van der Waals surface area contributed by atoms with E-state index in [1.54, 1.807) is 0 Å². The van der Waals surface area contributed by atoms with Gasteiger partial charge < -0.3 is 10.2 Å². The number of halogens is 2. The Bertz CT molecular complexity index is 254. The zero-order chi connectivity index (χ0) is 12.3. The molecule has 0 saturated carbocycles. The van der Waals surface area contributed by atoms with Crippen LogP contribution >= 0.6 is 53.4 Å². The SMILES string of the molecule is Ic1ccc(I)cc1.O=[P+]([O-])O[O-].[K+].[K][K]. The molecule has 0 amide bonds. The first kappa shape index (κ1) is 26.5. The monoisotopic (exact) mass is 542 g/mol. The predicted molar refractivity (Wildman–Crippen MR) is 72.1 cm³/mol. The van der Waals surface area contributed by atoms with Gasteiger partial charge in [0.1, 0.15) is 0 Å². The summed E-state index contributed by atoms with van der Waals surface area (Å²) in [6.45, 7) is 0. The Kier molecular flexibility index (Phi) is 34.0. The first-order chi connectivity index (χ1) is 7.06. The molecule has 0 saturated heterocycles. The van der Waals surface area contributed by atoms with Crippen molar-refractivity contribution in [3.8, 4) is 0 Å². The van der Waals surface area contributed by atoms with E-state index in [0.717, 1.165) is 0 Å². The van der Waals surface area contributed by atoms with E-state index in [9.17, 15) is 0 Å². The number of benzene rings is 1. The van der Waals surface area contributed by atoms with E-state index in [4.69, 9.17) is 14.7 Å². The molecule has 0 aliphatic rings. The Morgan fingerprint density at radius 1 is 1.12 bits per heavy atom. The van der Waals surface area contributed by atoms with Crippen LogP contribution in [0.15, 0.2) is 24.3 Å². The molecule has 0 bridgehead atoms. The van der Waals surface area contributed by atoms with Gasteiger partial charge in [0.2, 0.25) is 0 Å². The third kappa shape index (κ3) is 21.9. The minimum atomic E-state index is -3.15. The van der Waals surface area contributed by atoms with Crippen LogP contribution in [0.5, 0.6) is 0 Å². The maximum absolute atomic E-state index is 8.87. The van der Waals surface area contributed by atoms with Gasteiger partial charge in [-0.1, -0.05) is 0 Å². The number of hydrogen-bond donors (Lipinski definition) is 0. The van der Waals surface area contributed by atoms with Crippen LogP contribution in [0.1, 0.15) is 0 Å². The molecule has 0 fully saturated rings. The molecule has 0 spiro atoms. The Balaban J connectivity index is -0.000000187. The third-order valence-corrected chi connectivity index (χ3v) is 2.42. The van der Waals surface area contributed by atoms with Gasteiger partial charge in [0.15, 0.2) is 0 Å². The van der Waals surface area contributed by atoms with Crippen LogP contribution in [0.4, 0.5) is 0 Å². The number of rotatable bonds is 1. The normalized spacial score (nSPS) is 8.62. The molecule has 74 valence electrons. The zero-order valence-corrected chi connectivity index (χ0v) is 23.7. The first-order valence-electron chi connectivity index (χ1n) is 3.91. The van der Waals surface area contributed by atoms with Crippen LogP contribution in [-0.4, -0.2) is 63.2 Å². The van der Waals surface area contributed by atoms with Crippen LogP contribution in [0, 0.1) is 7.14 Å². The molecule has 0 aliphatic heterocycles. The van der Waals surface area contributed by atoms with Gasteiger partial charge in [-0.05, 0) is 74.0 Å². The molecule has 0 N–H and O–H groups in total. The van der Waals surface area contributed by atoms with E-state index in [-0.39, 0.29) is 51.4 Å². The molecular weight excluding hydrogens is 538 g/mol. The van der Waals surface area contributed by atoms with E-state index >= 15 is 0 Å². The molecular formula is C6H4I2K3O4P. The summed E-state index contributed by atoms with van der Waals surface area (Å²) in [7, 11) is -3.15. The van der Waals surface area contributed by atoms with E-state index < -0.39 is 8.25 Å². The van der Waals surface area contributed by atoms with Gasteiger partial charge in [0.05, 0.1) is 0 Å². The van der Waals surface area contributed by atoms with Crippen molar-refractivity contribution in [1.29, 1.82) is 0 Å². The fourth-order valence-corrected chi connectivity index (χ4v) is 1.15. The summed E-state index contributed by atoms with van der Waals surface area (Å²) < 4.78 is 13.9. The summed E-state index contributed by atoms with van der Waals surface area (Å²) in [5, 5.41) is 8.53. The Morgan fingerprint density at radius 2 is 1.31 bits per heavy atom. The zero-order valence-electron chi connectivity index (χ0n) is 9.15. The van der Waals surface area contributed by atoms with Gasteiger partial charge in [-0.25, -0.2) is 4.67 Å². The van der Waals surface area contributed by atoms with Crippen LogP contribution in [0.25, 0.3) is 0 Å². The van der Waals surface area contributed by atoms with Gasteiger partial charge in [0.25, 0.3) is 0 Å². The van der Waals surface area contributed by atoms with E-state index in [2.05, 4.69) is 74.1 Å². The predicted octanol–water partition coefficient (Wildman–Crippen LogP) is -2.57. The molecule has 0 radical (unpaired) electrons. The maximum atomic E-state index is 8.87. The van der Waals surface area contributed by atoms with E-state index in [0.29, 0.717) is 0 Å². The van der Waals surface area contributed by atoms with Crippen molar-refractivity contribution in [3.05, 3.63) is 31.4 Å². The van der Waals surface area contributed by atoms with Crippen molar-refractivity contribution in [3.63, 3.8) is 0 Å². The Morgan fingerprint density at radius 3 is 1.44 bits per heavy atom. The second-order valence-electron chi connectivity index (χ2n) is 1.73. The summed E-state index contributed by atoms with van der Waals surface area (Å²) in [5.41, 5.74) is 0. The summed E-state index contributed by atoms with van der Waals surface area (Å²) in [4.78, 5) is 8.87. The van der Waals surface area contributed by atoms with Crippen molar-refractivity contribution in [2.45, 2.75) is 0 Å². The van der Waals surface area contributed by atoms with E-state index in [1.165, 1.54) is 70.3 Å². The average molecular weight is 542 g/mol. The van der Waals surface area contributed by atoms with Crippen molar-refractivity contribution in [2.24, 2.45) is 0 Å². The molecule has 1 unspecified atom stereocenters. The van der Waals surface area contributed by atoms with Crippen molar-refractivity contribution < 1.29 is 70.8 Å². The third-order valence-electron chi connectivity index (χ3n) is 0.864. The fraction of sp³-hybridized carbons (Fsp3) is 0. The molecule has 0 heterocycles. The fourth-order valence-electron chi connectivity index (χ4n) is 0.430. The van der Waals surface area contributed by atoms with E-state index in [1.807, 2.05) is 0 Å². The van der Waals surface area contributed by atoms with Crippen molar-refractivity contribution >= 4 is 117 Å². The second-order valence-corrected chi connectivity index (χ2v) is 4.82. The summed E-state index contributed by atoms with van der Waals surface area (Å²) in [6.07, 6.45) is 0. The first-order valence-corrected chi connectivity index (χ1v) is 23.2. The standard InChI is InChI=1S/C6H4I2.3K.HO4P/c7-5-1-2-6(8)4-3-5;;;;1-4-5(2)3/h1-4H;;;;1H/q;;;+1;/p-1. The van der Waals surface area contributed by atoms with Crippen LogP contribution < -0.4 is 61.5 Å². The molecule has 0 aliphatic carbocycles. The van der Waals surface area contributed by atoms with Crippen molar-refractivity contribution in [2.75, 3.05) is 0 Å². The summed E-state index contributed by atoms with van der Waals surface area (Å²) >= 11 is 7.09. The quantitative estimate of drug-likeness (QED) is 0.129. The minimum absolute atomic E-state index is 0. The molecule has 1 rings (SSSR count). The topological polar surface area (TPSA) is 72.4 Å². The molecule has 1 aromatic rings. The summed E-state index contributed by atoms with van der Waals surface area (Å²) in [6, 6.07) is 8.40. The number of hydrogen-bond acceptors (Lipinski definition) is 4. The van der Waals surface area contributed by atoms with Gasteiger partial charge in [-0.15, -0.1) is 0 Å². The van der Waals surface area contributed by atoms with Crippen LogP contribution in [0.3, 0.4) is 0 Å². The van der Waals surface area contributed by atoms with Gasteiger partial charge in [-0.3, -0.25) is 0 Å². The average Bonchev–Trinajstić information content (AvgIpc) is 2.26. The van der Waals surface area contributed by atoms with Crippen molar-refractivity contribution in [1.82, 2.24) is 0 Å². The van der Waals surface area contributed by atoms with Crippen LogP contribution in [-0.2, 0) is 9.24 Å². The molecule has 1 atom stereocenters. The van der Waals surface area contributed by atoms with Gasteiger partial charge in [-0.2, -0.15) is 0 Å². The molecule has 0 aromatic heterocycles. The second kappa shape index (κ2) is 20.6.